The molecule has 2 aliphatic rings. The third kappa shape index (κ3) is 3.88. The number of hydrogen-bond donors (Lipinski definition) is 1. The second-order valence-corrected chi connectivity index (χ2v) is 8.56. The molecule has 0 unspecified atom stereocenters. The fraction of sp³-hybridized carbons (Fsp3) is 0.391. The molecule has 8 nitrogen and oxygen atoms in total. The molecule has 2 fully saturated rings. The summed E-state index contributed by atoms with van der Waals surface area (Å²) in [5.41, 5.74) is 4.64. The molecule has 2 aromatic rings. The minimum atomic E-state index is -0.300. The number of anilines is 1. The largest absolute Gasteiger partial charge is 0.366 e. The Hall–Kier alpha value is -3.20. The van der Waals surface area contributed by atoms with E-state index in [-0.39, 0.29) is 16.5 Å². The number of benzene rings is 1. The van der Waals surface area contributed by atoms with E-state index in [9.17, 15) is 14.9 Å². The summed E-state index contributed by atoms with van der Waals surface area (Å²) >= 11 is 5.24. The number of carbonyl (C=O) groups is 1. The number of nitro benzene ring substituents is 1. The number of amides is 1. The lowest BCUT2D eigenvalue weighted by atomic mass is 10.1. The van der Waals surface area contributed by atoms with Crippen LogP contribution in [0.15, 0.2) is 30.0 Å². The molecule has 2 aliphatic heterocycles. The monoisotopic (exact) mass is 453 g/mol. The van der Waals surface area contributed by atoms with Gasteiger partial charge in [0.05, 0.1) is 10.6 Å². The molecule has 168 valence electrons. The molecule has 1 aromatic carbocycles. The van der Waals surface area contributed by atoms with Crippen molar-refractivity contribution in [3.8, 4) is 5.69 Å². The van der Waals surface area contributed by atoms with E-state index in [1.807, 2.05) is 43.5 Å². The van der Waals surface area contributed by atoms with Gasteiger partial charge in [0.25, 0.3) is 11.6 Å². The highest BCUT2D eigenvalue weighted by molar-refractivity contribution is 7.80. The van der Waals surface area contributed by atoms with Gasteiger partial charge in [0.2, 0.25) is 0 Å². The molecule has 1 N–H and O–H groups in total. The summed E-state index contributed by atoms with van der Waals surface area (Å²) in [4.78, 5) is 27.8. The van der Waals surface area contributed by atoms with Crippen LogP contribution in [0.25, 0.3) is 11.8 Å². The first-order valence-electron chi connectivity index (χ1n) is 10.9. The first-order chi connectivity index (χ1) is 15.3. The van der Waals surface area contributed by atoms with E-state index in [0.717, 1.165) is 48.6 Å². The summed E-state index contributed by atoms with van der Waals surface area (Å²) in [6, 6.07) is 7.41. The number of piperidine rings is 1. The van der Waals surface area contributed by atoms with Gasteiger partial charge in [-0.25, -0.2) is 0 Å². The zero-order valence-electron chi connectivity index (χ0n) is 18.6. The molecule has 2 saturated heterocycles. The summed E-state index contributed by atoms with van der Waals surface area (Å²) in [5, 5.41) is 15.3. The Morgan fingerprint density at radius 1 is 1.19 bits per heavy atom. The molecule has 4 rings (SSSR count). The number of nitro groups is 1. The van der Waals surface area contributed by atoms with Crippen LogP contribution in [-0.4, -0.2) is 45.0 Å². The fourth-order valence-electron chi connectivity index (χ4n) is 4.54. The quantitative estimate of drug-likeness (QED) is 0.318. The number of aryl methyl sites for hydroxylation is 1. The molecular formula is C23H27N5O3S. The maximum Gasteiger partial charge on any atom is 0.294 e. The summed E-state index contributed by atoms with van der Waals surface area (Å²) in [7, 11) is 0. The van der Waals surface area contributed by atoms with Crippen molar-refractivity contribution in [1.29, 1.82) is 0 Å². The standard InChI is InChI=1S/C23H27N5O3S/c1-4-26-22(29)19(24-23(26)32)13-17-12-15(2)27(16(17)3)18-8-9-20(21(14-18)28(30)31)25-10-6-5-7-11-25/h8-9,12-14H,4-7,10-11H2,1-3H3,(H,24,32)/b19-13-. The van der Waals surface area contributed by atoms with E-state index >= 15 is 0 Å². The Morgan fingerprint density at radius 2 is 1.91 bits per heavy atom. The third-order valence-corrected chi connectivity index (χ3v) is 6.48. The molecule has 1 aromatic heterocycles. The van der Waals surface area contributed by atoms with Gasteiger partial charge >= 0.3 is 0 Å². The average Bonchev–Trinajstić information content (AvgIpc) is 3.21. The second-order valence-electron chi connectivity index (χ2n) is 8.18. The SMILES string of the molecule is CCN1C(=O)/C(=C/c2cc(C)n(-c3ccc(N4CCCCC4)c([N+](=O)[O-])c3)c2C)NC1=S. The molecule has 3 heterocycles. The number of nitrogens with zero attached hydrogens (tertiary/aromatic N) is 4. The van der Waals surface area contributed by atoms with Gasteiger partial charge in [0, 0.05) is 37.1 Å². The predicted molar refractivity (Wildman–Crippen MR) is 129 cm³/mol. The number of likely N-dealkylation sites (N-methyl/N-ethyl adjacent to an activating group) is 1. The van der Waals surface area contributed by atoms with Gasteiger partial charge in [-0.1, -0.05) is 0 Å². The molecule has 1 amide bonds. The Morgan fingerprint density at radius 3 is 2.53 bits per heavy atom. The highest BCUT2D eigenvalue weighted by Crippen LogP contribution is 2.34. The van der Waals surface area contributed by atoms with E-state index in [1.165, 1.54) is 11.3 Å². The maximum absolute atomic E-state index is 12.6. The van der Waals surface area contributed by atoms with Gasteiger partial charge in [0.1, 0.15) is 11.4 Å². The van der Waals surface area contributed by atoms with Crippen molar-refractivity contribution >= 4 is 40.7 Å². The fourth-order valence-corrected chi connectivity index (χ4v) is 4.87. The van der Waals surface area contributed by atoms with Crippen LogP contribution in [0.5, 0.6) is 0 Å². The van der Waals surface area contributed by atoms with E-state index in [2.05, 4.69) is 10.2 Å². The van der Waals surface area contributed by atoms with Crippen molar-refractivity contribution in [2.45, 2.75) is 40.0 Å². The number of thiocarbonyl (C=S) groups is 1. The predicted octanol–water partition coefficient (Wildman–Crippen LogP) is 4.07. The Labute approximate surface area is 192 Å². The molecule has 0 radical (unpaired) electrons. The van der Waals surface area contributed by atoms with Crippen LogP contribution < -0.4 is 10.2 Å². The van der Waals surface area contributed by atoms with Crippen molar-refractivity contribution in [2.75, 3.05) is 24.5 Å². The minimum absolute atomic E-state index is 0.119. The summed E-state index contributed by atoms with van der Waals surface area (Å²) in [6.07, 6.45) is 5.07. The average molecular weight is 454 g/mol. The van der Waals surface area contributed by atoms with Crippen molar-refractivity contribution in [3.63, 3.8) is 0 Å². The number of hydrogen-bond acceptors (Lipinski definition) is 5. The zero-order chi connectivity index (χ0) is 23.0. The van der Waals surface area contributed by atoms with E-state index in [4.69, 9.17) is 12.2 Å². The van der Waals surface area contributed by atoms with Gasteiger partial charge in [0.15, 0.2) is 5.11 Å². The molecule has 0 bridgehead atoms. The van der Waals surface area contributed by atoms with Crippen molar-refractivity contribution in [2.24, 2.45) is 0 Å². The number of rotatable bonds is 5. The minimum Gasteiger partial charge on any atom is -0.366 e. The van der Waals surface area contributed by atoms with Gasteiger partial charge in [-0.15, -0.1) is 0 Å². The van der Waals surface area contributed by atoms with E-state index in [1.54, 1.807) is 12.1 Å². The third-order valence-electron chi connectivity index (χ3n) is 6.16. The molecular weight excluding hydrogens is 426 g/mol. The molecule has 32 heavy (non-hydrogen) atoms. The van der Waals surface area contributed by atoms with Crippen molar-refractivity contribution < 1.29 is 9.72 Å². The van der Waals surface area contributed by atoms with Gasteiger partial charge in [-0.3, -0.25) is 19.8 Å². The smallest absolute Gasteiger partial charge is 0.294 e. The first kappa shape index (κ1) is 22.0. The van der Waals surface area contributed by atoms with Gasteiger partial charge < -0.3 is 14.8 Å². The lowest BCUT2D eigenvalue weighted by Crippen LogP contribution is -2.30. The summed E-state index contributed by atoms with van der Waals surface area (Å²) < 4.78 is 1.98. The number of carbonyl (C=O) groups excluding carboxylic acids is 1. The summed E-state index contributed by atoms with van der Waals surface area (Å²) in [5.74, 6) is -0.149. The lowest BCUT2D eigenvalue weighted by molar-refractivity contribution is -0.384. The number of nitrogens with one attached hydrogen (secondary N) is 1. The van der Waals surface area contributed by atoms with Crippen molar-refractivity contribution in [1.82, 2.24) is 14.8 Å². The Kier molecular flexibility index (Phi) is 6.01. The molecule has 0 saturated carbocycles. The normalized spacial score (nSPS) is 17.9. The Balaban J connectivity index is 1.72. The second kappa shape index (κ2) is 8.74. The lowest BCUT2D eigenvalue weighted by Gasteiger charge is -2.28. The number of aromatic nitrogens is 1. The topological polar surface area (TPSA) is 83.7 Å². The van der Waals surface area contributed by atoms with Crippen LogP contribution in [0.4, 0.5) is 11.4 Å². The van der Waals surface area contributed by atoms with E-state index in [0.29, 0.717) is 23.0 Å². The Bertz CT molecular complexity index is 1130. The van der Waals surface area contributed by atoms with Crippen LogP contribution in [0.1, 0.15) is 43.1 Å². The summed E-state index contributed by atoms with van der Waals surface area (Å²) in [6.45, 7) is 7.97. The van der Waals surface area contributed by atoms with Crippen LogP contribution in [0.2, 0.25) is 0 Å². The first-order valence-corrected chi connectivity index (χ1v) is 11.3. The van der Waals surface area contributed by atoms with Gasteiger partial charge in [-0.05, 0) is 82.1 Å². The molecule has 0 aliphatic carbocycles. The zero-order valence-corrected chi connectivity index (χ0v) is 19.4. The highest BCUT2D eigenvalue weighted by atomic mass is 32.1. The van der Waals surface area contributed by atoms with Crippen molar-refractivity contribution in [3.05, 3.63) is 57.0 Å². The van der Waals surface area contributed by atoms with Gasteiger partial charge in [-0.2, -0.15) is 0 Å². The maximum atomic E-state index is 12.6. The van der Waals surface area contributed by atoms with Crippen LogP contribution >= 0.6 is 12.2 Å². The molecule has 0 spiro atoms. The van der Waals surface area contributed by atoms with Crippen LogP contribution in [0.3, 0.4) is 0 Å². The van der Waals surface area contributed by atoms with Crippen LogP contribution in [-0.2, 0) is 4.79 Å². The van der Waals surface area contributed by atoms with Crippen LogP contribution in [0, 0.1) is 24.0 Å². The molecule has 0 atom stereocenters. The molecule has 9 heteroatoms. The van der Waals surface area contributed by atoms with E-state index < -0.39 is 0 Å². The highest BCUT2D eigenvalue weighted by Gasteiger charge is 2.29.